The number of halogens is 3. The van der Waals surface area contributed by atoms with Crippen molar-refractivity contribution in [3.05, 3.63) is 54.1 Å². The second-order valence-electron chi connectivity index (χ2n) is 4.68. The zero-order chi connectivity index (χ0) is 15.0. The maximum atomic E-state index is 12.7. The van der Waals surface area contributed by atoms with Crippen LogP contribution in [-0.2, 0) is 6.18 Å². The lowest BCUT2D eigenvalue weighted by atomic mass is 10.1. The summed E-state index contributed by atoms with van der Waals surface area (Å²) in [5.74, 6) is 0.667. The highest BCUT2D eigenvalue weighted by molar-refractivity contribution is 5.87. The number of aromatic amines is 1. The quantitative estimate of drug-likeness (QED) is 0.716. The zero-order valence-electron chi connectivity index (χ0n) is 11.2. The topological polar surface area (TPSA) is 25.0 Å². The maximum Gasteiger partial charge on any atom is 0.416 e. The summed E-state index contributed by atoms with van der Waals surface area (Å²) in [7, 11) is 1.56. The van der Waals surface area contributed by atoms with Crippen molar-refractivity contribution in [1.82, 2.24) is 4.98 Å². The molecule has 3 aromatic rings. The predicted octanol–water partition coefficient (Wildman–Crippen LogP) is 4.86. The third kappa shape index (κ3) is 2.46. The van der Waals surface area contributed by atoms with Crippen LogP contribution >= 0.6 is 0 Å². The van der Waals surface area contributed by atoms with E-state index in [0.717, 1.165) is 28.8 Å². The van der Waals surface area contributed by atoms with Gasteiger partial charge in [0.15, 0.2) is 0 Å². The first kappa shape index (κ1) is 13.5. The number of aromatic nitrogens is 1. The molecule has 0 spiro atoms. The molecule has 0 fully saturated rings. The van der Waals surface area contributed by atoms with E-state index < -0.39 is 11.7 Å². The summed E-state index contributed by atoms with van der Waals surface area (Å²) in [5.41, 5.74) is 1.32. The van der Waals surface area contributed by atoms with Crippen molar-refractivity contribution in [2.24, 2.45) is 0 Å². The van der Waals surface area contributed by atoms with E-state index in [9.17, 15) is 13.2 Å². The molecule has 2 aromatic carbocycles. The molecule has 0 radical (unpaired) electrons. The van der Waals surface area contributed by atoms with Crippen molar-refractivity contribution in [2.45, 2.75) is 6.18 Å². The Morgan fingerprint density at radius 3 is 2.48 bits per heavy atom. The fourth-order valence-electron chi connectivity index (χ4n) is 2.32. The first-order valence-corrected chi connectivity index (χ1v) is 6.32. The summed E-state index contributed by atoms with van der Waals surface area (Å²) in [4.78, 5) is 3.02. The lowest BCUT2D eigenvalue weighted by Crippen LogP contribution is -2.03. The molecule has 0 saturated carbocycles. The average molecular weight is 291 g/mol. The van der Waals surface area contributed by atoms with Crippen molar-refractivity contribution in [3.8, 4) is 17.0 Å². The van der Waals surface area contributed by atoms with Gasteiger partial charge in [0.05, 0.1) is 18.4 Å². The summed E-state index contributed by atoms with van der Waals surface area (Å²) in [6.45, 7) is 0. The fourth-order valence-corrected chi connectivity index (χ4v) is 2.32. The summed E-state index contributed by atoms with van der Waals surface area (Å²) >= 11 is 0. The van der Waals surface area contributed by atoms with Gasteiger partial charge in [-0.1, -0.05) is 18.2 Å². The van der Waals surface area contributed by atoms with Crippen LogP contribution in [0.4, 0.5) is 13.2 Å². The molecule has 0 aliphatic heterocycles. The number of methoxy groups -OCH3 is 1. The highest BCUT2D eigenvalue weighted by atomic mass is 19.4. The Balaban J connectivity index is 2.13. The molecule has 3 rings (SSSR count). The molecule has 1 N–H and O–H groups in total. The molecule has 0 aliphatic rings. The minimum Gasteiger partial charge on any atom is -0.496 e. The molecule has 0 unspecified atom stereocenters. The second-order valence-corrected chi connectivity index (χ2v) is 4.68. The number of fused-ring (bicyclic) bond motifs is 1. The number of rotatable bonds is 2. The lowest BCUT2D eigenvalue weighted by molar-refractivity contribution is -0.137. The first-order valence-electron chi connectivity index (χ1n) is 6.32. The van der Waals surface area contributed by atoms with Crippen molar-refractivity contribution in [1.29, 1.82) is 0 Å². The van der Waals surface area contributed by atoms with Crippen LogP contribution < -0.4 is 4.74 Å². The summed E-state index contributed by atoms with van der Waals surface area (Å²) in [6, 6.07) is 12.8. The smallest absolute Gasteiger partial charge is 0.416 e. The summed E-state index contributed by atoms with van der Waals surface area (Å²) in [6.07, 6.45) is -4.34. The number of hydrogen-bond acceptors (Lipinski definition) is 1. The number of alkyl halides is 3. The van der Waals surface area contributed by atoms with Crippen LogP contribution in [0.3, 0.4) is 0 Å². The predicted molar refractivity (Wildman–Crippen MR) is 75.3 cm³/mol. The van der Waals surface area contributed by atoms with E-state index in [-0.39, 0.29) is 0 Å². The Labute approximate surface area is 119 Å². The van der Waals surface area contributed by atoms with E-state index in [2.05, 4.69) is 4.98 Å². The van der Waals surface area contributed by atoms with Gasteiger partial charge in [-0.15, -0.1) is 0 Å². The van der Waals surface area contributed by atoms with Crippen molar-refractivity contribution >= 4 is 10.9 Å². The van der Waals surface area contributed by atoms with E-state index in [1.807, 2.05) is 30.3 Å². The molecule has 0 amide bonds. The van der Waals surface area contributed by atoms with Gasteiger partial charge in [0.25, 0.3) is 0 Å². The van der Waals surface area contributed by atoms with Gasteiger partial charge in [-0.25, -0.2) is 0 Å². The number of hydrogen-bond donors (Lipinski definition) is 1. The number of para-hydroxylation sites is 1. The normalized spacial score (nSPS) is 11.8. The number of ether oxygens (including phenoxy) is 1. The van der Waals surface area contributed by atoms with Crippen LogP contribution in [-0.4, -0.2) is 12.1 Å². The van der Waals surface area contributed by atoms with Crippen molar-refractivity contribution in [3.63, 3.8) is 0 Å². The Kier molecular flexibility index (Phi) is 3.12. The average Bonchev–Trinajstić information content (AvgIpc) is 2.89. The second kappa shape index (κ2) is 4.84. The minimum absolute atomic E-state index is 0.450. The van der Waals surface area contributed by atoms with E-state index in [4.69, 9.17) is 4.74 Å². The molecule has 0 atom stereocenters. The summed E-state index contributed by atoms with van der Waals surface area (Å²) < 4.78 is 43.5. The molecule has 5 heteroatoms. The van der Waals surface area contributed by atoms with E-state index >= 15 is 0 Å². The van der Waals surface area contributed by atoms with Crippen molar-refractivity contribution in [2.75, 3.05) is 7.11 Å². The molecular formula is C16H12F3NO. The van der Waals surface area contributed by atoms with Crippen LogP contribution in [0.5, 0.6) is 5.75 Å². The van der Waals surface area contributed by atoms with E-state index in [0.29, 0.717) is 11.3 Å². The van der Waals surface area contributed by atoms with Gasteiger partial charge in [0, 0.05) is 16.5 Å². The first-order chi connectivity index (χ1) is 9.99. The number of H-pyrrole nitrogens is 1. The highest BCUT2D eigenvalue weighted by Crippen LogP contribution is 2.34. The van der Waals surface area contributed by atoms with Gasteiger partial charge < -0.3 is 9.72 Å². The third-order valence-corrected chi connectivity index (χ3v) is 3.35. The highest BCUT2D eigenvalue weighted by Gasteiger charge is 2.30. The van der Waals surface area contributed by atoms with Gasteiger partial charge in [-0.05, 0) is 30.3 Å². The molecule has 1 heterocycles. The Morgan fingerprint density at radius 2 is 1.76 bits per heavy atom. The van der Waals surface area contributed by atoms with Gasteiger partial charge in [-0.3, -0.25) is 0 Å². The number of benzene rings is 2. The van der Waals surface area contributed by atoms with Gasteiger partial charge >= 0.3 is 6.18 Å². The molecule has 0 aliphatic carbocycles. The lowest BCUT2D eigenvalue weighted by Gasteiger charge is -2.06. The number of nitrogens with one attached hydrogen (secondary N) is 1. The van der Waals surface area contributed by atoms with Gasteiger partial charge in [-0.2, -0.15) is 13.2 Å². The summed E-state index contributed by atoms with van der Waals surface area (Å²) in [5, 5.41) is 0.726. The molecule has 21 heavy (non-hydrogen) atoms. The molecule has 0 saturated heterocycles. The van der Waals surface area contributed by atoms with E-state index in [1.54, 1.807) is 7.11 Å². The largest absolute Gasteiger partial charge is 0.496 e. The standard InChI is InChI=1S/C16H12F3NO/c1-21-15-5-3-2-4-12(15)14-8-10-6-7-11(16(17,18)19)9-13(10)20-14/h2-9,20H,1H3. The fraction of sp³-hybridized carbons (Fsp3) is 0.125. The van der Waals surface area contributed by atoms with Gasteiger partial charge in [0.2, 0.25) is 0 Å². The molecular weight excluding hydrogens is 279 g/mol. The molecule has 1 aromatic heterocycles. The van der Waals surface area contributed by atoms with Gasteiger partial charge in [0.1, 0.15) is 5.75 Å². The third-order valence-electron chi connectivity index (χ3n) is 3.35. The van der Waals surface area contributed by atoms with Crippen LogP contribution in [0.25, 0.3) is 22.2 Å². The Morgan fingerprint density at radius 1 is 1.00 bits per heavy atom. The van der Waals surface area contributed by atoms with Crippen LogP contribution in [0.15, 0.2) is 48.5 Å². The molecule has 2 nitrogen and oxygen atoms in total. The van der Waals surface area contributed by atoms with Crippen LogP contribution in [0, 0.1) is 0 Å². The minimum atomic E-state index is -4.34. The molecule has 108 valence electrons. The Hall–Kier alpha value is -2.43. The molecule has 0 bridgehead atoms. The van der Waals surface area contributed by atoms with Crippen molar-refractivity contribution < 1.29 is 17.9 Å². The van der Waals surface area contributed by atoms with Crippen LogP contribution in [0.1, 0.15) is 5.56 Å². The van der Waals surface area contributed by atoms with E-state index in [1.165, 1.54) is 6.07 Å². The maximum absolute atomic E-state index is 12.7. The Bertz CT molecular complexity index is 790. The van der Waals surface area contributed by atoms with Crippen LogP contribution in [0.2, 0.25) is 0 Å². The monoisotopic (exact) mass is 291 g/mol. The SMILES string of the molecule is COc1ccccc1-c1cc2ccc(C(F)(F)F)cc2[nH]1. The zero-order valence-corrected chi connectivity index (χ0v) is 11.2.